The summed E-state index contributed by atoms with van der Waals surface area (Å²) in [6.07, 6.45) is 0. The molecule has 0 fully saturated rings. The normalized spacial score (nSPS) is 12.3. The number of benzene rings is 2. The third-order valence-electron chi connectivity index (χ3n) is 3.77. The Morgan fingerprint density at radius 1 is 1.07 bits per heavy atom. The van der Waals surface area contributed by atoms with Gasteiger partial charge >= 0.3 is 0 Å². The Bertz CT molecular complexity index is 1160. The predicted octanol–water partition coefficient (Wildman–Crippen LogP) is 4.80. The third-order valence-corrected chi connectivity index (χ3v) is 6.15. The number of anilines is 1. The zero-order valence-corrected chi connectivity index (χ0v) is 17.8. The van der Waals surface area contributed by atoms with E-state index in [1.54, 1.807) is 51.1 Å². The lowest BCUT2D eigenvalue weighted by molar-refractivity contribution is 0.102. The molecule has 0 spiro atoms. The first-order valence-electron chi connectivity index (χ1n) is 8.38. The van der Waals surface area contributed by atoms with Crippen LogP contribution in [0.4, 0.5) is 5.69 Å². The van der Waals surface area contributed by atoms with E-state index in [9.17, 15) is 13.2 Å². The first kappa shape index (κ1) is 20.7. The molecule has 0 atom stereocenters. The number of hydrogen-bond donors (Lipinski definition) is 3. The van der Waals surface area contributed by atoms with E-state index in [0.29, 0.717) is 21.6 Å². The molecule has 1 aromatic heterocycles. The highest BCUT2D eigenvalue weighted by atomic mass is 35.5. The van der Waals surface area contributed by atoms with Crippen molar-refractivity contribution in [2.45, 2.75) is 31.2 Å². The molecule has 3 N–H and O–H groups in total. The first-order chi connectivity index (χ1) is 13.0. The summed E-state index contributed by atoms with van der Waals surface area (Å²) in [6, 6.07) is 11.1. The highest BCUT2D eigenvalue weighted by Gasteiger charge is 2.23. The fourth-order valence-electron chi connectivity index (χ4n) is 2.68. The SMILES string of the molecule is CC(C)(C)NS(=O)(=O)c1cccc(NC(=O)c2[nH]c3ccc(Cl)cc3c2Cl)c1. The number of aromatic nitrogens is 1. The smallest absolute Gasteiger partial charge is 0.273 e. The fraction of sp³-hybridized carbons (Fsp3) is 0.211. The maximum atomic E-state index is 12.7. The standard InChI is InChI=1S/C19H19Cl2N3O3S/c1-19(2,3)24-28(26,27)13-6-4-5-12(10-13)22-18(25)17-16(21)14-9-11(20)7-8-15(14)23-17/h4-10,23-24H,1-3H3,(H,22,25). The van der Waals surface area contributed by atoms with Gasteiger partial charge in [-0.05, 0) is 57.2 Å². The molecule has 2 aromatic carbocycles. The van der Waals surface area contributed by atoms with E-state index in [0.717, 1.165) is 0 Å². The lowest BCUT2D eigenvalue weighted by Crippen LogP contribution is -2.40. The lowest BCUT2D eigenvalue weighted by Gasteiger charge is -2.20. The summed E-state index contributed by atoms with van der Waals surface area (Å²) in [5.74, 6) is -0.490. The van der Waals surface area contributed by atoms with Gasteiger partial charge in [0.25, 0.3) is 5.91 Å². The van der Waals surface area contributed by atoms with Crippen molar-refractivity contribution in [3.8, 4) is 0 Å². The molecule has 148 valence electrons. The Morgan fingerprint density at radius 2 is 1.79 bits per heavy atom. The molecule has 0 saturated carbocycles. The van der Waals surface area contributed by atoms with Gasteiger partial charge < -0.3 is 10.3 Å². The number of halogens is 2. The third kappa shape index (κ3) is 4.50. The van der Waals surface area contributed by atoms with Gasteiger partial charge in [0.05, 0.1) is 9.92 Å². The van der Waals surface area contributed by atoms with Gasteiger partial charge in [-0.25, -0.2) is 13.1 Å². The molecule has 1 amide bonds. The van der Waals surface area contributed by atoms with E-state index in [4.69, 9.17) is 23.2 Å². The van der Waals surface area contributed by atoms with Crippen LogP contribution in [0.25, 0.3) is 10.9 Å². The topological polar surface area (TPSA) is 91.1 Å². The summed E-state index contributed by atoms with van der Waals surface area (Å²) < 4.78 is 27.6. The Labute approximate surface area is 173 Å². The number of carbonyl (C=O) groups is 1. The Hall–Kier alpha value is -2.06. The van der Waals surface area contributed by atoms with Crippen LogP contribution in [-0.4, -0.2) is 24.8 Å². The van der Waals surface area contributed by atoms with Gasteiger partial charge in [-0.3, -0.25) is 4.79 Å². The number of hydrogen-bond acceptors (Lipinski definition) is 3. The lowest BCUT2D eigenvalue weighted by atomic mass is 10.1. The molecule has 0 radical (unpaired) electrons. The van der Waals surface area contributed by atoms with Gasteiger partial charge in [0.1, 0.15) is 5.69 Å². The van der Waals surface area contributed by atoms with Crippen molar-refractivity contribution in [3.05, 3.63) is 58.2 Å². The molecule has 28 heavy (non-hydrogen) atoms. The second-order valence-corrected chi connectivity index (χ2v) is 9.84. The van der Waals surface area contributed by atoms with Gasteiger partial charge in [0.2, 0.25) is 10.0 Å². The van der Waals surface area contributed by atoms with Crippen LogP contribution in [0.1, 0.15) is 31.3 Å². The maximum Gasteiger partial charge on any atom is 0.273 e. The molecule has 0 saturated heterocycles. The van der Waals surface area contributed by atoms with Crippen molar-refractivity contribution in [2.24, 2.45) is 0 Å². The number of amides is 1. The average Bonchev–Trinajstić information content (AvgIpc) is 2.90. The summed E-state index contributed by atoms with van der Waals surface area (Å²) in [4.78, 5) is 15.7. The van der Waals surface area contributed by atoms with Crippen LogP contribution in [0.5, 0.6) is 0 Å². The van der Waals surface area contributed by atoms with Crippen molar-refractivity contribution in [3.63, 3.8) is 0 Å². The Morgan fingerprint density at radius 3 is 2.46 bits per heavy atom. The summed E-state index contributed by atoms with van der Waals surface area (Å²) >= 11 is 12.3. The van der Waals surface area contributed by atoms with Gasteiger partial charge in [-0.1, -0.05) is 29.3 Å². The number of sulfonamides is 1. The minimum absolute atomic E-state index is 0.0507. The number of rotatable bonds is 4. The minimum Gasteiger partial charge on any atom is -0.349 e. The summed E-state index contributed by atoms with van der Waals surface area (Å²) in [6.45, 7) is 5.25. The van der Waals surface area contributed by atoms with E-state index in [1.165, 1.54) is 12.1 Å². The highest BCUT2D eigenvalue weighted by Crippen LogP contribution is 2.30. The molecule has 0 aliphatic carbocycles. The zero-order valence-electron chi connectivity index (χ0n) is 15.4. The van der Waals surface area contributed by atoms with E-state index in [-0.39, 0.29) is 15.6 Å². The van der Waals surface area contributed by atoms with Crippen molar-refractivity contribution in [1.29, 1.82) is 0 Å². The Kier molecular flexibility index (Phi) is 5.46. The minimum atomic E-state index is -3.72. The number of H-pyrrole nitrogens is 1. The van der Waals surface area contributed by atoms with Crippen molar-refractivity contribution >= 4 is 55.7 Å². The molecular weight excluding hydrogens is 421 g/mol. The monoisotopic (exact) mass is 439 g/mol. The van der Waals surface area contributed by atoms with Crippen molar-refractivity contribution in [2.75, 3.05) is 5.32 Å². The van der Waals surface area contributed by atoms with Crippen molar-refractivity contribution in [1.82, 2.24) is 9.71 Å². The first-order valence-corrected chi connectivity index (χ1v) is 10.6. The predicted molar refractivity (Wildman–Crippen MR) is 113 cm³/mol. The van der Waals surface area contributed by atoms with Crippen molar-refractivity contribution < 1.29 is 13.2 Å². The molecule has 3 aromatic rings. The highest BCUT2D eigenvalue weighted by molar-refractivity contribution is 7.89. The number of aromatic amines is 1. The molecule has 0 unspecified atom stereocenters. The second kappa shape index (κ2) is 7.40. The zero-order chi connectivity index (χ0) is 20.7. The van der Waals surface area contributed by atoms with Crippen LogP contribution in [0.15, 0.2) is 47.4 Å². The molecule has 3 rings (SSSR count). The van der Waals surface area contributed by atoms with Gasteiger partial charge in [-0.2, -0.15) is 0 Å². The van der Waals surface area contributed by atoms with E-state index in [1.807, 2.05) is 0 Å². The molecule has 9 heteroatoms. The summed E-state index contributed by atoms with van der Waals surface area (Å²) in [5, 5.41) is 4.05. The van der Waals surface area contributed by atoms with Crippen LogP contribution >= 0.6 is 23.2 Å². The molecule has 1 heterocycles. The van der Waals surface area contributed by atoms with E-state index >= 15 is 0 Å². The van der Waals surface area contributed by atoms with Gasteiger partial charge in [-0.15, -0.1) is 0 Å². The van der Waals surface area contributed by atoms with Crippen LogP contribution in [-0.2, 0) is 10.0 Å². The van der Waals surface area contributed by atoms with E-state index < -0.39 is 21.5 Å². The number of nitrogens with one attached hydrogen (secondary N) is 3. The number of fused-ring (bicyclic) bond motifs is 1. The largest absolute Gasteiger partial charge is 0.349 e. The summed E-state index contributed by atoms with van der Waals surface area (Å²) in [5.41, 5.74) is 0.539. The summed E-state index contributed by atoms with van der Waals surface area (Å²) in [7, 11) is -3.72. The van der Waals surface area contributed by atoms with Gasteiger partial charge in [0, 0.05) is 27.2 Å². The quantitative estimate of drug-likeness (QED) is 0.544. The van der Waals surface area contributed by atoms with Crippen LogP contribution in [0.3, 0.4) is 0 Å². The van der Waals surface area contributed by atoms with Crippen LogP contribution in [0.2, 0.25) is 10.0 Å². The van der Waals surface area contributed by atoms with Crippen LogP contribution in [0, 0.1) is 0 Å². The maximum absolute atomic E-state index is 12.7. The Balaban J connectivity index is 1.89. The number of carbonyl (C=O) groups excluding carboxylic acids is 1. The molecule has 0 aliphatic heterocycles. The van der Waals surface area contributed by atoms with E-state index in [2.05, 4.69) is 15.0 Å². The second-order valence-electron chi connectivity index (χ2n) is 7.34. The molecule has 6 nitrogen and oxygen atoms in total. The molecule has 0 bridgehead atoms. The molecule has 0 aliphatic rings. The fourth-order valence-corrected chi connectivity index (χ4v) is 4.61. The van der Waals surface area contributed by atoms with Gasteiger partial charge in [0.15, 0.2) is 0 Å². The average molecular weight is 440 g/mol. The molecular formula is C19H19Cl2N3O3S. The van der Waals surface area contributed by atoms with Crippen LogP contribution < -0.4 is 10.0 Å².